The molecule has 0 aromatic carbocycles. The minimum Gasteiger partial charge on any atom is -0.481 e. The maximum absolute atomic E-state index is 11.8. The average molecular weight is 324 g/mol. The molecule has 126 valence electrons. The molecule has 0 spiro atoms. The van der Waals surface area contributed by atoms with E-state index in [1.807, 2.05) is 0 Å². The van der Waals surface area contributed by atoms with Crippen LogP contribution in [0.4, 0.5) is 5.69 Å². The van der Waals surface area contributed by atoms with Gasteiger partial charge < -0.3 is 24.3 Å². The molecule has 0 amide bonds. The summed E-state index contributed by atoms with van der Waals surface area (Å²) < 4.78 is 19.8. The van der Waals surface area contributed by atoms with Gasteiger partial charge in [-0.25, -0.2) is 9.59 Å². The van der Waals surface area contributed by atoms with Gasteiger partial charge in [0.05, 0.1) is 27.4 Å². The van der Waals surface area contributed by atoms with Crippen molar-refractivity contribution in [3.05, 3.63) is 23.9 Å². The van der Waals surface area contributed by atoms with Crippen LogP contribution in [-0.4, -0.2) is 44.4 Å². The second-order valence-electron chi connectivity index (χ2n) is 4.05. The third-order valence-electron chi connectivity index (χ3n) is 2.60. The zero-order chi connectivity index (χ0) is 17.2. The molecule has 0 fully saturated rings. The van der Waals surface area contributed by atoms with E-state index in [2.05, 4.69) is 10.3 Å². The topological polar surface area (TPSA) is 96.0 Å². The summed E-state index contributed by atoms with van der Waals surface area (Å²) in [6.07, 6.45) is 1.20. The highest BCUT2D eigenvalue weighted by Gasteiger charge is 2.21. The molecule has 1 rings (SSSR count). The van der Waals surface area contributed by atoms with Gasteiger partial charge in [0, 0.05) is 12.3 Å². The maximum Gasteiger partial charge on any atom is 0.347 e. The van der Waals surface area contributed by atoms with Crippen LogP contribution in [0.5, 0.6) is 11.8 Å². The number of hydrogen-bond acceptors (Lipinski definition) is 8. The van der Waals surface area contributed by atoms with E-state index in [1.54, 1.807) is 26.0 Å². The summed E-state index contributed by atoms with van der Waals surface area (Å²) in [5.74, 6) is -0.946. The van der Waals surface area contributed by atoms with Crippen LogP contribution >= 0.6 is 0 Å². The predicted molar refractivity (Wildman–Crippen MR) is 82.3 cm³/mol. The zero-order valence-corrected chi connectivity index (χ0v) is 13.5. The van der Waals surface area contributed by atoms with Crippen molar-refractivity contribution in [2.75, 3.05) is 32.8 Å². The van der Waals surface area contributed by atoms with Crippen molar-refractivity contribution in [3.63, 3.8) is 0 Å². The molecule has 0 aliphatic rings. The molecule has 23 heavy (non-hydrogen) atoms. The standard InChI is InChI=1S/C15H20N2O6/c1-5-22-14(18)10(15(19)23-6-2)9-16-11-7-8-12(20-3)17-13(11)21-4/h7-9,16H,5-6H2,1-4H3. The van der Waals surface area contributed by atoms with E-state index in [9.17, 15) is 9.59 Å². The van der Waals surface area contributed by atoms with Crippen molar-refractivity contribution in [2.24, 2.45) is 0 Å². The van der Waals surface area contributed by atoms with Crippen LogP contribution in [0.1, 0.15) is 13.8 Å². The highest BCUT2D eigenvalue weighted by atomic mass is 16.6. The molecule has 1 N–H and O–H groups in total. The Hall–Kier alpha value is -2.77. The first-order valence-electron chi connectivity index (χ1n) is 6.97. The summed E-state index contributed by atoms with van der Waals surface area (Å²) in [6, 6.07) is 3.24. The second-order valence-corrected chi connectivity index (χ2v) is 4.05. The fourth-order valence-electron chi connectivity index (χ4n) is 1.57. The first kappa shape index (κ1) is 18.3. The van der Waals surface area contributed by atoms with Gasteiger partial charge in [-0.15, -0.1) is 0 Å². The Morgan fingerprint density at radius 3 is 2.17 bits per heavy atom. The molecule has 1 heterocycles. The minimum atomic E-state index is -0.779. The van der Waals surface area contributed by atoms with Crippen molar-refractivity contribution in [3.8, 4) is 11.8 Å². The normalized spacial score (nSPS) is 9.57. The number of nitrogens with one attached hydrogen (secondary N) is 1. The molecular weight excluding hydrogens is 304 g/mol. The molecule has 1 aromatic heterocycles. The first-order chi connectivity index (χ1) is 11.1. The van der Waals surface area contributed by atoms with Gasteiger partial charge in [0.1, 0.15) is 5.69 Å². The molecule has 0 bridgehead atoms. The fourth-order valence-corrected chi connectivity index (χ4v) is 1.57. The van der Waals surface area contributed by atoms with E-state index in [-0.39, 0.29) is 24.7 Å². The summed E-state index contributed by atoms with van der Waals surface area (Å²) in [7, 11) is 2.92. The van der Waals surface area contributed by atoms with E-state index in [4.69, 9.17) is 18.9 Å². The van der Waals surface area contributed by atoms with Gasteiger partial charge in [0.25, 0.3) is 0 Å². The summed E-state index contributed by atoms with van der Waals surface area (Å²) in [5, 5.41) is 2.79. The number of nitrogens with zero attached hydrogens (tertiary/aromatic N) is 1. The number of anilines is 1. The van der Waals surface area contributed by atoms with Gasteiger partial charge in [-0.3, -0.25) is 0 Å². The van der Waals surface area contributed by atoms with Gasteiger partial charge in [-0.05, 0) is 19.9 Å². The van der Waals surface area contributed by atoms with Crippen molar-refractivity contribution in [2.45, 2.75) is 13.8 Å². The molecule has 0 aliphatic heterocycles. The number of carbonyl (C=O) groups excluding carboxylic acids is 2. The Balaban J connectivity index is 3.04. The van der Waals surface area contributed by atoms with Crippen LogP contribution in [0.25, 0.3) is 0 Å². The summed E-state index contributed by atoms with van der Waals surface area (Å²) in [6.45, 7) is 3.57. The van der Waals surface area contributed by atoms with Gasteiger partial charge >= 0.3 is 11.9 Å². The average Bonchev–Trinajstić information content (AvgIpc) is 2.55. The van der Waals surface area contributed by atoms with Crippen molar-refractivity contribution in [1.82, 2.24) is 4.98 Å². The Morgan fingerprint density at radius 1 is 1.09 bits per heavy atom. The third-order valence-corrected chi connectivity index (χ3v) is 2.60. The number of hydrogen-bond donors (Lipinski definition) is 1. The van der Waals surface area contributed by atoms with Crippen LogP contribution in [0.15, 0.2) is 23.9 Å². The lowest BCUT2D eigenvalue weighted by molar-refractivity contribution is -0.146. The van der Waals surface area contributed by atoms with Gasteiger partial charge in [0.15, 0.2) is 5.57 Å². The molecular formula is C15H20N2O6. The molecule has 0 saturated heterocycles. The van der Waals surface area contributed by atoms with E-state index in [1.165, 1.54) is 20.4 Å². The quantitative estimate of drug-likeness (QED) is 0.333. The minimum absolute atomic E-state index is 0.142. The van der Waals surface area contributed by atoms with E-state index < -0.39 is 11.9 Å². The summed E-state index contributed by atoms with van der Waals surface area (Å²) in [5.41, 5.74) is 0.186. The van der Waals surface area contributed by atoms with E-state index in [0.29, 0.717) is 11.6 Å². The molecule has 0 aliphatic carbocycles. The lowest BCUT2D eigenvalue weighted by Gasteiger charge is -2.10. The maximum atomic E-state index is 11.8. The highest BCUT2D eigenvalue weighted by Crippen LogP contribution is 2.25. The largest absolute Gasteiger partial charge is 0.481 e. The van der Waals surface area contributed by atoms with Crippen LogP contribution in [-0.2, 0) is 19.1 Å². The number of methoxy groups -OCH3 is 2. The lowest BCUT2D eigenvalue weighted by atomic mass is 10.3. The Labute approximate surface area is 134 Å². The Morgan fingerprint density at radius 2 is 1.70 bits per heavy atom. The molecule has 8 nitrogen and oxygen atoms in total. The number of ether oxygens (including phenoxy) is 4. The smallest absolute Gasteiger partial charge is 0.347 e. The van der Waals surface area contributed by atoms with Crippen LogP contribution < -0.4 is 14.8 Å². The second kappa shape index (κ2) is 9.29. The highest BCUT2D eigenvalue weighted by molar-refractivity contribution is 6.14. The number of rotatable bonds is 8. The van der Waals surface area contributed by atoms with Crippen LogP contribution in [0.3, 0.4) is 0 Å². The Bertz CT molecular complexity index is 565. The number of esters is 2. The molecule has 8 heteroatoms. The lowest BCUT2D eigenvalue weighted by Crippen LogP contribution is -2.19. The summed E-state index contributed by atoms with van der Waals surface area (Å²) >= 11 is 0. The SMILES string of the molecule is CCOC(=O)C(=CNc1ccc(OC)nc1OC)C(=O)OCC. The molecule has 0 unspecified atom stereocenters. The monoisotopic (exact) mass is 324 g/mol. The molecule has 0 atom stereocenters. The molecule has 0 saturated carbocycles. The van der Waals surface area contributed by atoms with Crippen molar-refractivity contribution >= 4 is 17.6 Å². The van der Waals surface area contributed by atoms with Crippen LogP contribution in [0, 0.1) is 0 Å². The Kier molecular flexibility index (Phi) is 7.38. The van der Waals surface area contributed by atoms with E-state index in [0.717, 1.165) is 0 Å². The number of carbonyl (C=O) groups is 2. The third kappa shape index (κ3) is 5.17. The predicted octanol–water partition coefficient (Wildman–Crippen LogP) is 1.52. The first-order valence-corrected chi connectivity index (χ1v) is 6.97. The van der Waals surface area contributed by atoms with E-state index >= 15 is 0 Å². The van der Waals surface area contributed by atoms with Gasteiger partial charge in [0.2, 0.25) is 11.8 Å². The molecule has 0 radical (unpaired) electrons. The summed E-state index contributed by atoms with van der Waals surface area (Å²) in [4.78, 5) is 27.8. The van der Waals surface area contributed by atoms with Crippen molar-refractivity contribution < 1.29 is 28.5 Å². The van der Waals surface area contributed by atoms with Gasteiger partial charge in [-0.2, -0.15) is 4.98 Å². The fraction of sp³-hybridized carbons (Fsp3) is 0.400. The molecule has 1 aromatic rings. The number of aromatic nitrogens is 1. The van der Waals surface area contributed by atoms with Gasteiger partial charge in [-0.1, -0.05) is 0 Å². The van der Waals surface area contributed by atoms with Crippen LogP contribution in [0.2, 0.25) is 0 Å². The number of pyridine rings is 1. The van der Waals surface area contributed by atoms with Crippen molar-refractivity contribution in [1.29, 1.82) is 0 Å². The zero-order valence-electron chi connectivity index (χ0n) is 13.5.